The predicted octanol–water partition coefficient (Wildman–Crippen LogP) is 4.22. The number of alkyl halides is 3. The number of pyridine rings is 1. The van der Waals surface area contributed by atoms with Gasteiger partial charge in [0.1, 0.15) is 22.2 Å². The first-order valence-corrected chi connectivity index (χ1v) is 9.71. The summed E-state index contributed by atoms with van der Waals surface area (Å²) in [6.45, 7) is -0.147. The van der Waals surface area contributed by atoms with Crippen molar-refractivity contribution in [2.45, 2.75) is 12.8 Å². The fourth-order valence-electron chi connectivity index (χ4n) is 2.26. The molecule has 4 aromatic rings. The maximum Gasteiger partial charge on any atom is 0.417 e. The monoisotopic (exact) mass is 437 g/mol. The molecule has 0 saturated carbocycles. The van der Waals surface area contributed by atoms with E-state index >= 15 is 0 Å². The number of hydrogen-bond donors (Lipinski definition) is 0. The Labute approximate surface area is 169 Å². The molecule has 148 valence electrons. The van der Waals surface area contributed by atoms with Crippen molar-refractivity contribution < 1.29 is 22.7 Å². The molecule has 0 saturated heterocycles. The number of aromatic nitrogens is 5. The van der Waals surface area contributed by atoms with Gasteiger partial charge in [0.25, 0.3) is 0 Å². The standard InChI is InChI=1S/C17H10F3N5O2S2/c18-17(19,20)10-3-4-14(21-6-10)25-8-11(23-24-25)9-27-16(26)13-7-22-15(29-13)12-2-1-5-28-12/h1-8H,9H2. The lowest BCUT2D eigenvalue weighted by Gasteiger charge is -2.06. The second-order valence-electron chi connectivity index (χ2n) is 5.64. The van der Waals surface area contributed by atoms with Crippen LogP contribution in [0.5, 0.6) is 0 Å². The highest BCUT2D eigenvalue weighted by Crippen LogP contribution is 2.30. The summed E-state index contributed by atoms with van der Waals surface area (Å²) in [7, 11) is 0. The van der Waals surface area contributed by atoms with Gasteiger partial charge in [0, 0.05) is 6.20 Å². The molecule has 0 aromatic carbocycles. The van der Waals surface area contributed by atoms with E-state index < -0.39 is 17.7 Å². The SMILES string of the molecule is O=C(OCc1cn(-c2ccc(C(F)(F)F)cn2)nn1)c1cnc(-c2cccs2)s1. The van der Waals surface area contributed by atoms with E-state index in [0.29, 0.717) is 16.8 Å². The minimum absolute atomic E-state index is 0.147. The summed E-state index contributed by atoms with van der Waals surface area (Å²) in [5.74, 6) is -0.390. The molecule has 0 bridgehead atoms. The summed E-state index contributed by atoms with van der Waals surface area (Å²) in [5, 5.41) is 10.3. The van der Waals surface area contributed by atoms with Crippen LogP contribution in [0.15, 0.2) is 48.2 Å². The van der Waals surface area contributed by atoms with Gasteiger partial charge in [-0.15, -0.1) is 27.8 Å². The first kappa shape index (κ1) is 19.2. The maximum absolute atomic E-state index is 12.6. The van der Waals surface area contributed by atoms with Crippen LogP contribution in [-0.4, -0.2) is 30.9 Å². The fourth-order valence-corrected chi connectivity index (χ4v) is 3.87. The van der Waals surface area contributed by atoms with E-state index in [0.717, 1.165) is 16.0 Å². The zero-order chi connectivity index (χ0) is 20.4. The van der Waals surface area contributed by atoms with Crippen LogP contribution in [0.1, 0.15) is 20.9 Å². The summed E-state index contributed by atoms with van der Waals surface area (Å²) < 4.78 is 44.2. The van der Waals surface area contributed by atoms with Gasteiger partial charge in [-0.3, -0.25) is 0 Å². The summed E-state index contributed by atoms with van der Waals surface area (Å²) in [6, 6.07) is 5.88. The third kappa shape index (κ3) is 4.32. The Balaban J connectivity index is 1.39. The third-order valence-electron chi connectivity index (χ3n) is 3.64. The molecule has 0 atom stereocenters. The zero-order valence-corrected chi connectivity index (χ0v) is 16.0. The molecule has 0 aliphatic carbocycles. The molecule has 12 heteroatoms. The molecule has 0 aliphatic rings. The van der Waals surface area contributed by atoms with Crippen LogP contribution in [0.25, 0.3) is 15.7 Å². The smallest absolute Gasteiger partial charge is 0.417 e. The lowest BCUT2D eigenvalue weighted by Crippen LogP contribution is -2.07. The van der Waals surface area contributed by atoms with Crippen LogP contribution in [0.4, 0.5) is 13.2 Å². The number of hydrogen-bond acceptors (Lipinski definition) is 8. The van der Waals surface area contributed by atoms with Gasteiger partial charge in [-0.25, -0.2) is 19.4 Å². The normalized spacial score (nSPS) is 11.6. The van der Waals surface area contributed by atoms with Crippen LogP contribution >= 0.6 is 22.7 Å². The number of thiazole rings is 1. The second kappa shape index (κ2) is 7.72. The van der Waals surface area contributed by atoms with Gasteiger partial charge < -0.3 is 4.74 Å². The van der Waals surface area contributed by atoms with Gasteiger partial charge in [-0.2, -0.15) is 13.2 Å². The van der Waals surface area contributed by atoms with E-state index in [4.69, 9.17) is 4.74 Å². The molecular formula is C17H10F3N5O2S2. The van der Waals surface area contributed by atoms with Gasteiger partial charge in [0.05, 0.1) is 22.8 Å². The molecule has 0 spiro atoms. The van der Waals surface area contributed by atoms with Crippen molar-refractivity contribution >= 4 is 28.6 Å². The molecule has 0 N–H and O–H groups in total. The Morgan fingerprint density at radius 3 is 2.72 bits per heavy atom. The van der Waals surface area contributed by atoms with E-state index in [9.17, 15) is 18.0 Å². The quantitative estimate of drug-likeness (QED) is 0.435. The van der Waals surface area contributed by atoms with E-state index in [2.05, 4.69) is 20.3 Å². The van der Waals surface area contributed by atoms with Crippen molar-refractivity contribution in [3.05, 3.63) is 64.4 Å². The van der Waals surface area contributed by atoms with Crippen LogP contribution < -0.4 is 0 Å². The first-order valence-electron chi connectivity index (χ1n) is 8.02. The number of halogens is 3. The maximum atomic E-state index is 12.6. The summed E-state index contributed by atoms with van der Waals surface area (Å²) in [6.07, 6.45) is -0.878. The predicted molar refractivity (Wildman–Crippen MR) is 98.7 cm³/mol. The van der Waals surface area contributed by atoms with E-state index in [-0.39, 0.29) is 12.4 Å². The molecule has 4 aromatic heterocycles. The van der Waals surface area contributed by atoms with Crippen LogP contribution in [-0.2, 0) is 17.5 Å². The van der Waals surface area contributed by atoms with Crippen molar-refractivity contribution in [2.75, 3.05) is 0 Å². The molecule has 0 amide bonds. The molecule has 4 heterocycles. The second-order valence-corrected chi connectivity index (χ2v) is 7.62. The van der Waals surface area contributed by atoms with E-state index in [1.165, 1.54) is 45.8 Å². The van der Waals surface area contributed by atoms with E-state index in [1.807, 2.05) is 17.5 Å². The van der Waals surface area contributed by atoms with E-state index in [1.54, 1.807) is 0 Å². The molecule has 0 aliphatic heterocycles. The van der Waals surface area contributed by atoms with Gasteiger partial charge in [0.2, 0.25) is 0 Å². The van der Waals surface area contributed by atoms with Gasteiger partial charge >= 0.3 is 12.1 Å². The van der Waals surface area contributed by atoms with Crippen LogP contribution in [0, 0.1) is 0 Å². The Bertz CT molecular complexity index is 1120. The molecule has 0 fully saturated rings. The Morgan fingerprint density at radius 2 is 2.03 bits per heavy atom. The molecule has 0 unspecified atom stereocenters. The number of rotatable bonds is 5. The first-order chi connectivity index (χ1) is 13.9. The highest BCUT2D eigenvalue weighted by molar-refractivity contribution is 7.21. The fraction of sp³-hybridized carbons (Fsp3) is 0.118. The largest absolute Gasteiger partial charge is 0.455 e. The number of thiophene rings is 1. The Hall–Kier alpha value is -3.12. The summed E-state index contributed by atoms with van der Waals surface area (Å²) >= 11 is 2.74. The summed E-state index contributed by atoms with van der Waals surface area (Å²) in [5.41, 5.74) is -0.537. The minimum Gasteiger partial charge on any atom is -0.455 e. The minimum atomic E-state index is -4.47. The molecule has 0 radical (unpaired) electrons. The lowest BCUT2D eigenvalue weighted by molar-refractivity contribution is -0.137. The van der Waals surface area contributed by atoms with Crippen LogP contribution in [0.2, 0.25) is 0 Å². The molecule has 4 rings (SSSR count). The van der Waals surface area contributed by atoms with Crippen molar-refractivity contribution in [3.63, 3.8) is 0 Å². The molecule has 7 nitrogen and oxygen atoms in total. The Morgan fingerprint density at radius 1 is 1.17 bits per heavy atom. The highest BCUT2D eigenvalue weighted by Gasteiger charge is 2.30. The number of nitrogens with zero attached hydrogens (tertiary/aromatic N) is 5. The third-order valence-corrected chi connectivity index (χ3v) is 5.66. The van der Waals surface area contributed by atoms with Crippen molar-refractivity contribution in [1.29, 1.82) is 0 Å². The van der Waals surface area contributed by atoms with Crippen molar-refractivity contribution in [1.82, 2.24) is 25.0 Å². The topological polar surface area (TPSA) is 82.8 Å². The molecular weight excluding hydrogens is 427 g/mol. The number of esters is 1. The highest BCUT2D eigenvalue weighted by atomic mass is 32.1. The number of ether oxygens (including phenoxy) is 1. The number of carbonyl (C=O) groups excluding carboxylic acids is 1. The average molecular weight is 437 g/mol. The van der Waals surface area contributed by atoms with Gasteiger partial charge in [-0.05, 0) is 23.6 Å². The van der Waals surface area contributed by atoms with Gasteiger partial charge in [-0.1, -0.05) is 11.3 Å². The Kier molecular flexibility index (Phi) is 5.11. The lowest BCUT2D eigenvalue weighted by atomic mass is 10.3. The number of carbonyl (C=O) groups is 1. The average Bonchev–Trinajstić information content (AvgIpc) is 3.46. The van der Waals surface area contributed by atoms with Crippen LogP contribution in [0.3, 0.4) is 0 Å². The van der Waals surface area contributed by atoms with Crippen molar-refractivity contribution in [3.8, 4) is 15.7 Å². The van der Waals surface area contributed by atoms with Gasteiger partial charge in [0.15, 0.2) is 5.82 Å². The summed E-state index contributed by atoms with van der Waals surface area (Å²) in [4.78, 5) is 21.4. The van der Waals surface area contributed by atoms with Crippen molar-refractivity contribution in [2.24, 2.45) is 0 Å². The zero-order valence-electron chi connectivity index (χ0n) is 14.3. The molecule has 29 heavy (non-hydrogen) atoms.